The monoisotopic (exact) mass is 345 g/mol. The summed E-state index contributed by atoms with van der Waals surface area (Å²) in [5, 5.41) is 3.10. The van der Waals surface area contributed by atoms with E-state index < -0.39 is 0 Å². The Balaban J connectivity index is 2.44. The van der Waals surface area contributed by atoms with Gasteiger partial charge in [0, 0.05) is 16.0 Å². The number of rotatable bonds is 6. The molecule has 0 radical (unpaired) electrons. The van der Waals surface area contributed by atoms with Crippen molar-refractivity contribution < 1.29 is 9.47 Å². The number of hydrogen-bond acceptors (Lipinski definition) is 4. The van der Waals surface area contributed by atoms with Crippen LogP contribution in [0.2, 0.25) is 10.0 Å². The first kappa shape index (κ1) is 16.4. The Morgan fingerprint density at radius 1 is 1.10 bits per heavy atom. The molecule has 1 aromatic carbocycles. The van der Waals surface area contributed by atoms with Crippen LogP contribution >= 0.6 is 34.5 Å². The van der Waals surface area contributed by atoms with Crippen molar-refractivity contribution in [2.75, 3.05) is 13.2 Å². The minimum absolute atomic E-state index is 0.389. The molecule has 21 heavy (non-hydrogen) atoms. The zero-order chi connectivity index (χ0) is 15.4. The summed E-state index contributed by atoms with van der Waals surface area (Å²) in [6.45, 7) is 4.91. The molecule has 1 atom stereocenters. The van der Waals surface area contributed by atoms with Crippen molar-refractivity contribution in [1.82, 2.24) is 0 Å². The third-order valence-electron chi connectivity index (χ3n) is 2.93. The molecule has 0 aliphatic heterocycles. The van der Waals surface area contributed by atoms with Crippen LogP contribution in [0.15, 0.2) is 23.6 Å². The number of ether oxygens (including phenoxy) is 2. The quantitative estimate of drug-likeness (QED) is 0.809. The predicted octanol–water partition coefficient (Wildman–Crippen LogP) is 4.90. The highest BCUT2D eigenvalue weighted by Crippen LogP contribution is 2.40. The molecule has 2 rings (SSSR count). The van der Waals surface area contributed by atoms with Crippen LogP contribution in [0.1, 0.15) is 30.3 Å². The summed E-state index contributed by atoms with van der Waals surface area (Å²) >= 11 is 14.0. The second-order valence-electron chi connectivity index (χ2n) is 4.30. The predicted molar refractivity (Wildman–Crippen MR) is 89.1 cm³/mol. The second kappa shape index (κ2) is 7.36. The normalized spacial score (nSPS) is 12.2. The Hall–Kier alpha value is -0.940. The molecule has 0 fully saturated rings. The highest BCUT2D eigenvalue weighted by Gasteiger charge is 2.20. The lowest BCUT2D eigenvalue weighted by Gasteiger charge is -2.17. The zero-order valence-corrected chi connectivity index (χ0v) is 14.2. The standard InChI is InChI=1S/C15H17Cl2NO2S/c1-3-19-12-7-9(11(17)8-13(12)20-4-2)14(18)15-10(16)5-6-21-15/h5-8,14H,3-4,18H2,1-2H3. The topological polar surface area (TPSA) is 44.5 Å². The molecular weight excluding hydrogens is 329 g/mol. The van der Waals surface area contributed by atoms with Crippen molar-refractivity contribution in [3.8, 4) is 11.5 Å². The van der Waals surface area contributed by atoms with Crippen molar-refractivity contribution in [3.63, 3.8) is 0 Å². The second-order valence-corrected chi connectivity index (χ2v) is 6.06. The SMILES string of the molecule is CCOc1cc(Cl)c(C(N)c2sccc2Cl)cc1OCC. The Morgan fingerprint density at radius 2 is 1.71 bits per heavy atom. The molecule has 0 bridgehead atoms. The molecule has 3 nitrogen and oxygen atoms in total. The van der Waals surface area contributed by atoms with Gasteiger partial charge in [-0.2, -0.15) is 0 Å². The number of halogens is 2. The lowest BCUT2D eigenvalue weighted by molar-refractivity contribution is 0.287. The minimum Gasteiger partial charge on any atom is -0.490 e. The van der Waals surface area contributed by atoms with E-state index in [9.17, 15) is 0 Å². The minimum atomic E-state index is -0.389. The molecule has 0 saturated carbocycles. The molecule has 0 aliphatic rings. The van der Waals surface area contributed by atoms with Crippen LogP contribution in [0.5, 0.6) is 11.5 Å². The fourth-order valence-corrected chi connectivity index (χ4v) is 3.46. The third kappa shape index (κ3) is 3.64. The number of nitrogens with two attached hydrogens (primary N) is 1. The van der Waals surface area contributed by atoms with Crippen LogP contribution in [-0.2, 0) is 0 Å². The summed E-state index contributed by atoms with van der Waals surface area (Å²) in [5.41, 5.74) is 7.07. The third-order valence-corrected chi connectivity index (χ3v) is 4.69. The first-order valence-electron chi connectivity index (χ1n) is 6.65. The van der Waals surface area contributed by atoms with E-state index in [4.69, 9.17) is 38.4 Å². The van der Waals surface area contributed by atoms with Crippen molar-refractivity contribution in [1.29, 1.82) is 0 Å². The fourth-order valence-electron chi connectivity index (χ4n) is 1.99. The van der Waals surface area contributed by atoms with Gasteiger partial charge in [-0.25, -0.2) is 0 Å². The van der Waals surface area contributed by atoms with E-state index in [1.165, 1.54) is 11.3 Å². The molecule has 1 unspecified atom stereocenters. The van der Waals surface area contributed by atoms with Crippen LogP contribution in [0.3, 0.4) is 0 Å². The zero-order valence-electron chi connectivity index (χ0n) is 11.9. The lowest BCUT2D eigenvalue weighted by Crippen LogP contribution is -2.12. The summed E-state index contributed by atoms with van der Waals surface area (Å²) in [4.78, 5) is 0.880. The molecule has 0 aliphatic carbocycles. The molecule has 0 amide bonds. The highest BCUT2D eigenvalue weighted by molar-refractivity contribution is 7.10. The van der Waals surface area contributed by atoms with Gasteiger partial charge >= 0.3 is 0 Å². The fraction of sp³-hybridized carbons (Fsp3) is 0.333. The Kier molecular flexibility index (Phi) is 5.76. The maximum absolute atomic E-state index is 6.35. The average Bonchev–Trinajstić information content (AvgIpc) is 2.87. The van der Waals surface area contributed by atoms with Gasteiger partial charge in [-0.05, 0) is 36.9 Å². The largest absolute Gasteiger partial charge is 0.490 e. The van der Waals surface area contributed by atoms with Crippen LogP contribution < -0.4 is 15.2 Å². The molecule has 0 spiro atoms. The van der Waals surface area contributed by atoms with Gasteiger partial charge in [-0.1, -0.05) is 23.2 Å². The van der Waals surface area contributed by atoms with E-state index in [0.29, 0.717) is 34.8 Å². The van der Waals surface area contributed by atoms with Crippen LogP contribution in [0, 0.1) is 0 Å². The van der Waals surface area contributed by atoms with Gasteiger partial charge in [-0.15, -0.1) is 11.3 Å². The molecule has 1 heterocycles. The van der Waals surface area contributed by atoms with Gasteiger partial charge in [0.25, 0.3) is 0 Å². The van der Waals surface area contributed by atoms with Crippen molar-refractivity contribution in [3.05, 3.63) is 44.1 Å². The van der Waals surface area contributed by atoms with Gasteiger partial charge in [0.1, 0.15) is 0 Å². The summed E-state index contributed by atoms with van der Waals surface area (Å²) in [6, 6.07) is 5.01. The maximum Gasteiger partial charge on any atom is 0.162 e. The Morgan fingerprint density at radius 3 is 2.24 bits per heavy atom. The van der Waals surface area contributed by atoms with E-state index in [2.05, 4.69) is 0 Å². The van der Waals surface area contributed by atoms with Crippen molar-refractivity contribution in [2.45, 2.75) is 19.9 Å². The number of benzene rings is 1. The Bertz CT molecular complexity index is 616. The number of thiophene rings is 1. The molecule has 2 N–H and O–H groups in total. The highest BCUT2D eigenvalue weighted by atomic mass is 35.5. The average molecular weight is 346 g/mol. The molecular formula is C15H17Cl2NO2S. The number of hydrogen-bond donors (Lipinski definition) is 1. The lowest BCUT2D eigenvalue weighted by atomic mass is 10.1. The summed E-state index contributed by atoms with van der Waals surface area (Å²) in [6.07, 6.45) is 0. The molecule has 114 valence electrons. The summed E-state index contributed by atoms with van der Waals surface area (Å²) in [7, 11) is 0. The molecule has 1 aromatic heterocycles. The van der Waals surface area contributed by atoms with E-state index in [-0.39, 0.29) is 6.04 Å². The molecule has 0 saturated heterocycles. The van der Waals surface area contributed by atoms with E-state index in [0.717, 1.165) is 10.4 Å². The van der Waals surface area contributed by atoms with E-state index in [1.807, 2.05) is 31.4 Å². The van der Waals surface area contributed by atoms with Crippen LogP contribution in [-0.4, -0.2) is 13.2 Å². The summed E-state index contributed by atoms with van der Waals surface area (Å²) in [5.74, 6) is 1.26. The van der Waals surface area contributed by atoms with Gasteiger partial charge in [0.2, 0.25) is 0 Å². The van der Waals surface area contributed by atoms with Gasteiger partial charge in [0.15, 0.2) is 11.5 Å². The van der Waals surface area contributed by atoms with Gasteiger partial charge < -0.3 is 15.2 Å². The van der Waals surface area contributed by atoms with Gasteiger partial charge in [-0.3, -0.25) is 0 Å². The van der Waals surface area contributed by atoms with Crippen molar-refractivity contribution in [2.24, 2.45) is 5.73 Å². The van der Waals surface area contributed by atoms with Crippen molar-refractivity contribution >= 4 is 34.5 Å². The van der Waals surface area contributed by atoms with E-state index >= 15 is 0 Å². The van der Waals surface area contributed by atoms with E-state index in [1.54, 1.807) is 6.07 Å². The molecule has 2 aromatic rings. The first-order valence-corrected chi connectivity index (χ1v) is 8.29. The summed E-state index contributed by atoms with van der Waals surface area (Å²) < 4.78 is 11.2. The molecule has 6 heteroatoms. The maximum atomic E-state index is 6.35. The van der Waals surface area contributed by atoms with Crippen LogP contribution in [0.25, 0.3) is 0 Å². The smallest absolute Gasteiger partial charge is 0.162 e. The first-order chi connectivity index (χ1) is 10.1. The van der Waals surface area contributed by atoms with Gasteiger partial charge in [0.05, 0.1) is 24.3 Å². The Labute approximate surface area is 138 Å². The van der Waals surface area contributed by atoms with Crippen LogP contribution in [0.4, 0.5) is 0 Å².